The van der Waals surface area contributed by atoms with Gasteiger partial charge < -0.3 is 15.3 Å². The van der Waals surface area contributed by atoms with Crippen LogP contribution in [-0.4, -0.2) is 34.3 Å². The number of aliphatic hydroxyl groups excluding tert-OH is 1. The molecule has 6 heteroatoms. The van der Waals surface area contributed by atoms with Crippen molar-refractivity contribution < 1.29 is 5.11 Å². The van der Waals surface area contributed by atoms with Gasteiger partial charge in [0.15, 0.2) is 0 Å². The number of fused-ring (bicyclic) bond motifs is 1. The van der Waals surface area contributed by atoms with Crippen molar-refractivity contribution in [2.24, 2.45) is 0 Å². The van der Waals surface area contributed by atoms with E-state index in [9.17, 15) is 5.11 Å². The Morgan fingerprint density at radius 2 is 2.00 bits per heavy atom. The number of rotatable bonds is 5. The van der Waals surface area contributed by atoms with Gasteiger partial charge in [-0.2, -0.15) is 4.98 Å². The van der Waals surface area contributed by atoms with Crippen molar-refractivity contribution in [3.8, 4) is 0 Å². The number of aromatic nitrogens is 2. The fourth-order valence-corrected chi connectivity index (χ4v) is 3.15. The molecular formula is C19H25ClN4O. The molecule has 0 fully saturated rings. The molecule has 0 spiro atoms. The predicted molar refractivity (Wildman–Crippen MR) is 102 cm³/mol. The number of hydrogen-bond acceptors (Lipinski definition) is 5. The largest absolute Gasteiger partial charge is 0.394 e. The summed E-state index contributed by atoms with van der Waals surface area (Å²) in [6, 6.07) is 8.09. The first-order valence-corrected chi connectivity index (χ1v) is 9.12. The van der Waals surface area contributed by atoms with E-state index in [1.807, 2.05) is 13.0 Å². The molecule has 0 unspecified atom stereocenters. The predicted octanol–water partition coefficient (Wildman–Crippen LogP) is 3.61. The van der Waals surface area contributed by atoms with E-state index >= 15 is 0 Å². The standard InChI is InChI=1S/C19H25ClN4O/c1-12(2)17-9-18(23-19(22-17)21-13(3)11-25)24-7-6-14-8-16(20)5-4-15(14)10-24/h4-5,8-9,12-13,25H,6-7,10-11H2,1-3H3,(H,21,22,23)/t13-/m0/s1. The van der Waals surface area contributed by atoms with E-state index in [2.05, 4.69) is 52.2 Å². The van der Waals surface area contributed by atoms with Gasteiger partial charge in [0.25, 0.3) is 0 Å². The highest BCUT2D eigenvalue weighted by Crippen LogP contribution is 2.27. The van der Waals surface area contributed by atoms with Gasteiger partial charge in [-0.15, -0.1) is 0 Å². The SMILES string of the molecule is CC(C)c1cc(N2CCc3cc(Cl)ccc3C2)nc(N[C@@H](C)CO)n1. The summed E-state index contributed by atoms with van der Waals surface area (Å²) in [4.78, 5) is 11.6. The average molecular weight is 361 g/mol. The summed E-state index contributed by atoms with van der Waals surface area (Å²) in [6.07, 6.45) is 0.951. The molecule has 1 aromatic heterocycles. The Labute approximate surface area is 154 Å². The van der Waals surface area contributed by atoms with E-state index in [4.69, 9.17) is 11.6 Å². The minimum absolute atomic E-state index is 0.0441. The molecule has 0 aliphatic carbocycles. The zero-order valence-corrected chi connectivity index (χ0v) is 15.7. The first-order chi connectivity index (χ1) is 12.0. The van der Waals surface area contributed by atoms with Crippen molar-refractivity contribution in [3.63, 3.8) is 0 Å². The van der Waals surface area contributed by atoms with Gasteiger partial charge in [0, 0.05) is 30.2 Å². The van der Waals surface area contributed by atoms with Crippen molar-refractivity contribution >= 4 is 23.4 Å². The molecule has 3 rings (SSSR count). The molecule has 0 bridgehead atoms. The molecule has 2 heterocycles. The van der Waals surface area contributed by atoms with Crippen LogP contribution in [0.5, 0.6) is 0 Å². The Morgan fingerprint density at radius 1 is 1.20 bits per heavy atom. The number of benzene rings is 1. The molecule has 1 atom stereocenters. The number of hydrogen-bond donors (Lipinski definition) is 2. The summed E-state index contributed by atoms with van der Waals surface area (Å²) in [5, 5.41) is 13.3. The van der Waals surface area contributed by atoms with Gasteiger partial charge in [0.2, 0.25) is 5.95 Å². The van der Waals surface area contributed by atoms with Crippen LogP contribution in [0.1, 0.15) is 43.5 Å². The van der Waals surface area contributed by atoms with Crippen molar-refractivity contribution in [1.29, 1.82) is 0 Å². The molecule has 5 nitrogen and oxygen atoms in total. The smallest absolute Gasteiger partial charge is 0.225 e. The van der Waals surface area contributed by atoms with E-state index in [-0.39, 0.29) is 12.6 Å². The van der Waals surface area contributed by atoms with Crippen LogP contribution in [0.2, 0.25) is 5.02 Å². The maximum absolute atomic E-state index is 9.28. The summed E-state index contributed by atoms with van der Waals surface area (Å²) in [7, 11) is 0. The molecule has 0 radical (unpaired) electrons. The van der Waals surface area contributed by atoms with Gasteiger partial charge >= 0.3 is 0 Å². The number of aliphatic hydroxyl groups is 1. The zero-order valence-electron chi connectivity index (χ0n) is 15.0. The number of nitrogens with one attached hydrogen (secondary N) is 1. The highest BCUT2D eigenvalue weighted by molar-refractivity contribution is 6.30. The van der Waals surface area contributed by atoms with Gasteiger partial charge in [-0.25, -0.2) is 4.98 Å². The lowest BCUT2D eigenvalue weighted by Gasteiger charge is -2.30. The highest BCUT2D eigenvalue weighted by Gasteiger charge is 2.20. The number of nitrogens with zero attached hydrogens (tertiary/aromatic N) is 3. The van der Waals surface area contributed by atoms with E-state index in [0.29, 0.717) is 11.9 Å². The van der Waals surface area contributed by atoms with Gasteiger partial charge in [-0.3, -0.25) is 0 Å². The van der Waals surface area contributed by atoms with Gasteiger partial charge in [0.1, 0.15) is 5.82 Å². The van der Waals surface area contributed by atoms with Gasteiger partial charge in [-0.05, 0) is 42.5 Å². The van der Waals surface area contributed by atoms with E-state index in [1.165, 1.54) is 11.1 Å². The summed E-state index contributed by atoms with van der Waals surface area (Å²) in [6.45, 7) is 7.92. The summed E-state index contributed by atoms with van der Waals surface area (Å²) < 4.78 is 0. The molecule has 0 saturated heterocycles. The molecule has 1 aliphatic rings. The molecular weight excluding hydrogens is 336 g/mol. The monoisotopic (exact) mass is 360 g/mol. The first-order valence-electron chi connectivity index (χ1n) is 8.75. The Hall–Kier alpha value is -1.85. The molecule has 1 aliphatic heterocycles. The fourth-order valence-electron chi connectivity index (χ4n) is 2.96. The lowest BCUT2D eigenvalue weighted by molar-refractivity contribution is 0.281. The van der Waals surface area contributed by atoms with Gasteiger partial charge in [0.05, 0.1) is 12.3 Å². The second kappa shape index (κ2) is 7.58. The Kier molecular flexibility index (Phi) is 5.45. The molecule has 1 aromatic carbocycles. The van der Waals surface area contributed by atoms with Crippen LogP contribution < -0.4 is 10.2 Å². The maximum atomic E-state index is 9.28. The Morgan fingerprint density at radius 3 is 2.72 bits per heavy atom. The molecule has 2 N–H and O–H groups in total. The average Bonchev–Trinajstić information content (AvgIpc) is 2.60. The number of halogens is 1. The maximum Gasteiger partial charge on any atom is 0.225 e. The van der Waals surface area contributed by atoms with Crippen molar-refractivity contribution in [1.82, 2.24) is 9.97 Å². The van der Waals surface area contributed by atoms with Crippen LogP contribution in [0.25, 0.3) is 0 Å². The van der Waals surface area contributed by atoms with Crippen LogP contribution in [-0.2, 0) is 13.0 Å². The molecule has 0 saturated carbocycles. The molecule has 0 amide bonds. The highest BCUT2D eigenvalue weighted by atomic mass is 35.5. The Balaban J connectivity index is 1.89. The van der Waals surface area contributed by atoms with Crippen LogP contribution in [0.15, 0.2) is 24.3 Å². The van der Waals surface area contributed by atoms with Gasteiger partial charge in [-0.1, -0.05) is 31.5 Å². The normalized spacial score (nSPS) is 15.2. The second-order valence-corrected chi connectivity index (χ2v) is 7.38. The van der Waals surface area contributed by atoms with Crippen molar-refractivity contribution in [3.05, 3.63) is 46.1 Å². The zero-order chi connectivity index (χ0) is 18.0. The lowest BCUT2D eigenvalue weighted by atomic mass is 10.00. The molecule has 2 aromatic rings. The van der Waals surface area contributed by atoms with E-state index in [0.717, 1.165) is 36.0 Å². The molecule has 25 heavy (non-hydrogen) atoms. The number of anilines is 2. The topological polar surface area (TPSA) is 61.3 Å². The Bertz CT molecular complexity index is 750. The van der Waals surface area contributed by atoms with E-state index in [1.54, 1.807) is 0 Å². The second-order valence-electron chi connectivity index (χ2n) is 6.94. The van der Waals surface area contributed by atoms with Crippen LogP contribution in [0, 0.1) is 0 Å². The van der Waals surface area contributed by atoms with E-state index < -0.39 is 0 Å². The van der Waals surface area contributed by atoms with Crippen LogP contribution >= 0.6 is 11.6 Å². The minimum Gasteiger partial charge on any atom is -0.394 e. The van der Waals surface area contributed by atoms with Crippen molar-refractivity contribution in [2.45, 2.75) is 45.7 Å². The third-order valence-corrected chi connectivity index (χ3v) is 4.71. The summed E-state index contributed by atoms with van der Waals surface area (Å²) in [5.41, 5.74) is 3.60. The third kappa shape index (κ3) is 4.22. The van der Waals surface area contributed by atoms with Crippen molar-refractivity contribution in [2.75, 3.05) is 23.4 Å². The third-order valence-electron chi connectivity index (χ3n) is 4.48. The van der Waals surface area contributed by atoms with Crippen LogP contribution in [0.3, 0.4) is 0 Å². The quantitative estimate of drug-likeness (QED) is 0.852. The first kappa shape index (κ1) is 18.0. The fraction of sp³-hybridized carbons (Fsp3) is 0.474. The molecule has 134 valence electrons. The lowest BCUT2D eigenvalue weighted by Crippen LogP contribution is -2.31. The minimum atomic E-state index is -0.0838. The summed E-state index contributed by atoms with van der Waals surface area (Å²) in [5.74, 6) is 1.80. The summed E-state index contributed by atoms with van der Waals surface area (Å²) >= 11 is 6.11. The van der Waals surface area contributed by atoms with Crippen LogP contribution in [0.4, 0.5) is 11.8 Å².